The van der Waals surface area contributed by atoms with Crippen LogP contribution < -0.4 is 0 Å². The lowest BCUT2D eigenvalue weighted by molar-refractivity contribution is -0.132. The van der Waals surface area contributed by atoms with Gasteiger partial charge in [-0.2, -0.15) is 5.10 Å². The summed E-state index contributed by atoms with van der Waals surface area (Å²) >= 11 is 5.25. The van der Waals surface area contributed by atoms with Crippen molar-refractivity contribution in [1.29, 1.82) is 0 Å². The molecule has 1 saturated heterocycles. The molecule has 5 nitrogen and oxygen atoms in total. The SMILES string of the molecule is CCCc1n[nH]c(=S)n1CC(=O)N1CCC(C)CC(C)C1. The minimum absolute atomic E-state index is 0.158. The van der Waals surface area contributed by atoms with Crippen LogP contribution in [0, 0.1) is 16.6 Å². The summed E-state index contributed by atoms with van der Waals surface area (Å²) < 4.78 is 2.39. The number of carbonyl (C=O) groups excluding carboxylic acids is 1. The Balaban J connectivity index is 2.07. The predicted octanol–water partition coefficient (Wildman–Crippen LogP) is 2.79. The Morgan fingerprint density at radius 3 is 2.90 bits per heavy atom. The van der Waals surface area contributed by atoms with Crippen LogP contribution in [0.4, 0.5) is 0 Å². The second-order valence-electron chi connectivity index (χ2n) is 6.36. The lowest BCUT2D eigenvalue weighted by atomic mass is 9.97. The van der Waals surface area contributed by atoms with Gasteiger partial charge in [-0.25, -0.2) is 0 Å². The van der Waals surface area contributed by atoms with E-state index in [9.17, 15) is 4.79 Å². The van der Waals surface area contributed by atoms with E-state index in [0.717, 1.165) is 38.2 Å². The summed E-state index contributed by atoms with van der Waals surface area (Å²) in [7, 11) is 0. The number of aromatic nitrogens is 3. The van der Waals surface area contributed by atoms with Crippen molar-refractivity contribution in [1.82, 2.24) is 19.7 Å². The monoisotopic (exact) mass is 310 g/mol. The van der Waals surface area contributed by atoms with Crippen LogP contribution in [-0.2, 0) is 17.8 Å². The van der Waals surface area contributed by atoms with Crippen molar-refractivity contribution in [2.24, 2.45) is 11.8 Å². The van der Waals surface area contributed by atoms with Crippen LogP contribution in [0.3, 0.4) is 0 Å². The van der Waals surface area contributed by atoms with Gasteiger partial charge >= 0.3 is 0 Å². The second kappa shape index (κ2) is 7.20. The number of amides is 1. The van der Waals surface area contributed by atoms with E-state index in [4.69, 9.17) is 12.2 Å². The molecule has 1 aliphatic heterocycles. The van der Waals surface area contributed by atoms with Crippen LogP contribution in [0.1, 0.15) is 45.9 Å². The number of likely N-dealkylation sites (tertiary alicyclic amines) is 1. The van der Waals surface area contributed by atoms with Crippen LogP contribution in [0.2, 0.25) is 0 Å². The highest BCUT2D eigenvalue weighted by molar-refractivity contribution is 7.71. The summed E-state index contributed by atoms with van der Waals surface area (Å²) in [5.74, 6) is 2.31. The molecule has 2 atom stereocenters. The van der Waals surface area contributed by atoms with Crippen LogP contribution in [0.15, 0.2) is 0 Å². The highest BCUT2D eigenvalue weighted by atomic mass is 32.1. The minimum atomic E-state index is 0.158. The topological polar surface area (TPSA) is 53.9 Å². The summed E-state index contributed by atoms with van der Waals surface area (Å²) in [6.07, 6.45) is 4.13. The van der Waals surface area contributed by atoms with Gasteiger partial charge in [0, 0.05) is 19.5 Å². The van der Waals surface area contributed by atoms with Crippen LogP contribution in [0.5, 0.6) is 0 Å². The molecule has 1 aromatic heterocycles. The van der Waals surface area contributed by atoms with Gasteiger partial charge in [0.05, 0.1) is 0 Å². The minimum Gasteiger partial charge on any atom is -0.341 e. The first-order valence-corrected chi connectivity index (χ1v) is 8.34. The standard InChI is InChI=1S/C15H26N4OS/c1-4-5-13-16-17-15(21)19(13)10-14(20)18-7-6-11(2)8-12(3)9-18/h11-12H,4-10H2,1-3H3,(H,17,21). The molecule has 2 unspecified atom stereocenters. The van der Waals surface area contributed by atoms with Crippen molar-refractivity contribution in [3.63, 3.8) is 0 Å². The quantitative estimate of drug-likeness (QED) is 0.870. The summed E-state index contributed by atoms with van der Waals surface area (Å²) in [4.78, 5) is 14.6. The van der Waals surface area contributed by atoms with Gasteiger partial charge < -0.3 is 4.90 Å². The first kappa shape index (κ1) is 16.2. The molecule has 0 radical (unpaired) electrons. The van der Waals surface area contributed by atoms with Crippen molar-refractivity contribution in [2.45, 2.75) is 53.0 Å². The zero-order valence-electron chi connectivity index (χ0n) is 13.3. The number of hydrogen-bond acceptors (Lipinski definition) is 3. The normalized spacial score (nSPS) is 23.1. The average molecular weight is 310 g/mol. The molecule has 2 rings (SSSR count). The van der Waals surface area contributed by atoms with Crippen molar-refractivity contribution >= 4 is 18.1 Å². The first-order valence-electron chi connectivity index (χ1n) is 7.93. The summed E-state index contributed by atoms with van der Waals surface area (Å²) in [6, 6.07) is 0. The Bertz CT molecular complexity index is 536. The van der Waals surface area contributed by atoms with E-state index in [1.54, 1.807) is 0 Å². The third-order valence-electron chi connectivity index (χ3n) is 4.19. The Hall–Kier alpha value is -1.17. The fraction of sp³-hybridized carbons (Fsp3) is 0.800. The molecule has 21 heavy (non-hydrogen) atoms. The first-order chi connectivity index (χ1) is 10.0. The molecule has 118 valence electrons. The van der Waals surface area contributed by atoms with E-state index in [0.29, 0.717) is 23.2 Å². The second-order valence-corrected chi connectivity index (χ2v) is 6.74. The molecule has 0 spiro atoms. The zero-order chi connectivity index (χ0) is 15.4. The van der Waals surface area contributed by atoms with E-state index < -0.39 is 0 Å². The molecular weight excluding hydrogens is 284 g/mol. The van der Waals surface area contributed by atoms with Crippen molar-refractivity contribution < 1.29 is 4.79 Å². The number of rotatable bonds is 4. The van der Waals surface area contributed by atoms with Crippen LogP contribution in [0.25, 0.3) is 0 Å². The largest absolute Gasteiger partial charge is 0.341 e. The van der Waals surface area contributed by atoms with Gasteiger partial charge in [-0.15, -0.1) is 0 Å². The third-order valence-corrected chi connectivity index (χ3v) is 4.50. The third kappa shape index (κ3) is 4.15. The van der Waals surface area contributed by atoms with Crippen molar-refractivity contribution in [3.8, 4) is 0 Å². The van der Waals surface area contributed by atoms with Gasteiger partial charge in [0.1, 0.15) is 12.4 Å². The fourth-order valence-corrected chi connectivity index (χ4v) is 3.33. The summed E-state index contributed by atoms with van der Waals surface area (Å²) in [5, 5.41) is 7.03. The molecule has 1 amide bonds. The van der Waals surface area contributed by atoms with Gasteiger partial charge in [0.25, 0.3) is 0 Å². The summed E-state index contributed by atoms with van der Waals surface area (Å²) in [5.41, 5.74) is 0. The van der Waals surface area contributed by atoms with E-state index in [2.05, 4.69) is 31.0 Å². The van der Waals surface area contributed by atoms with Gasteiger partial charge in [-0.3, -0.25) is 14.5 Å². The highest BCUT2D eigenvalue weighted by Gasteiger charge is 2.23. The van der Waals surface area contributed by atoms with Crippen LogP contribution in [-0.4, -0.2) is 38.7 Å². The molecule has 2 heterocycles. The predicted molar refractivity (Wildman–Crippen MR) is 85.5 cm³/mol. The number of nitrogens with one attached hydrogen (secondary N) is 1. The fourth-order valence-electron chi connectivity index (χ4n) is 3.11. The van der Waals surface area contributed by atoms with Crippen molar-refractivity contribution in [2.75, 3.05) is 13.1 Å². The maximum atomic E-state index is 12.6. The number of aryl methyl sites for hydroxylation is 1. The Morgan fingerprint density at radius 2 is 2.19 bits per heavy atom. The summed E-state index contributed by atoms with van der Waals surface area (Å²) in [6.45, 7) is 8.63. The van der Waals surface area contributed by atoms with E-state index in [-0.39, 0.29) is 5.91 Å². The maximum Gasteiger partial charge on any atom is 0.242 e. The number of carbonyl (C=O) groups is 1. The average Bonchev–Trinajstić information content (AvgIpc) is 2.66. The number of aromatic amines is 1. The highest BCUT2D eigenvalue weighted by Crippen LogP contribution is 2.21. The van der Waals surface area contributed by atoms with E-state index in [1.807, 2.05) is 9.47 Å². The van der Waals surface area contributed by atoms with Gasteiger partial charge in [0.15, 0.2) is 4.77 Å². The molecule has 0 aliphatic carbocycles. The van der Waals surface area contributed by atoms with Gasteiger partial charge in [0.2, 0.25) is 5.91 Å². The number of nitrogens with zero attached hydrogens (tertiary/aromatic N) is 3. The van der Waals surface area contributed by atoms with Crippen LogP contribution >= 0.6 is 12.2 Å². The lowest BCUT2D eigenvalue weighted by Crippen LogP contribution is -2.36. The molecular formula is C15H26N4OS. The molecule has 1 N–H and O–H groups in total. The molecule has 0 bridgehead atoms. The molecule has 0 saturated carbocycles. The zero-order valence-corrected chi connectivity index (χ0v) is 14.1. The van der Waals surface area contributed by atoms with Gasteiger partial charge in [-0.1, -0.05) is 20.8 Å². The molecule has 1 aliphatic rings. The molecule has 0 aromatic carbocycles. The Morgan fingerprint density at radius 1 is 1.43 bits per heavy atom. The van der Waals surface area contributed by atoms with Crippen molar-refractivity contribution in [3.05, 3.63) is 10.6 Å². The lowest BCUT2D eigenvalue weighted by Gasteiger charge is -2.23. The molecule has 1 fully saturated rings. The Kier molecular flexibility index (Phi) is 5.56. The van der Waals surface area contributed by atoms with E-state index in [1.165, 1.54) is 6.42 Å². The smallest absolute Gasteiger partial charge is 0.242 e. The maximum absolute atomic E-state index is 12.6. The van der Waals surface area contributed by atoms with Gasteiger partial charge in [-0.05, 0) is 43.3 Å². The van der Waals surface area contributed by atoms with E-state index >= 15 is 0 Å². The Labute approximate surface area is 131 Å². The number of hydrogen-bond donors (Lipinski definition) is 1. The molecule has 6 heteroatoms. The number of H-pyrrole nitrogens is 1. The molecule has 1 aromatic rings.